The molecule has 0 spiro atoms. The van der Waals surface area contributed by atoms with E-state index in [1.807, 2.05) is 0 Å². The summed E-state index contributed by atoms with van der Waals surface area (Å²) in [5.41, 5.74) is 0. The van der Waals surface area contributed by atoms with Crippen LogP contribution in [-0.2, 0) is 7.05 Å². The summed E-state index contributed by atoms with van der Waals surface area (Å²) >= 11 is 3.04. The Labute approximate surface area is 55.2 Å². The fourth-order valence-electron chi connectivity index (χ4n) is 0.480. The van der Waals surface area contributed by atoms with E-state index >= 15 is 0 Å². The second kappa shape index (κ2) is 1.90. The van der Waals surface area contributed by atoms with Gasteiger partial charge in [-0.3, -0.25) is 0 Å². The Morgan fingerprint density at radius 2 is 2.38 bits per heavy atom. The van der Waals surface area contributed by atoms with E-state index in [-0.39, 0.29) is 5.82 Å². The number of aromatic nitrogens is 1. The van der Waals surface area contributed by atoms with Crippen LogP contribution in [0.4, 0.5) is 4.39 Å². The van der Waals surface area contributed by atoms with Crippen LogP contribution in [0.25, 0.3) is 0 Å². The van der Waals surface area contributed by atoms with Crippen LogP contribution in [0.3, 0.4) is 0 Å². The summed E-state index contributed by atoms with van der Waals surface area (Å²) in [6.45, 7) is 0. The van der Waals surface area contributed by atoms with Crippen LogP contribution in [0.1, 0.15) is 0 Å². The summed E-state index contributed by atoms with van der Waals surface area (Å²) in [5.74, 6) is -0.215. The zero-order valence-electron chi connectivity index (χ0n) is 4.36. The highest BCUT2D eigenvalue weighted by atomic mass is 79.9. The molecular weight excluding hydrogens is 173 g/mol. The molecule has 0 amide bonds. The molecule has 0 N–H and O–H groups in total. The van der Waals surface area contributed by atoms with E-state index in [0.717, 1.165) is 0 Å². The Balaban J connectivity index is 3.19. The first kappa shape index (κ1) is 5.82. The summed E-state index contributed by atoms with van der Waals surface area (Å²) in [6, 6.07) is 1.41. The molecule has 0 unspecified atom stereocenters. The first-order valence-corrected chi connectivity index (χ1v) is 2.97. The van der Waals surface area contributed by atoms with E-state index < -0.39 is 0 Å². The lowest BCUT2D eigenvalue weighted by molar-refractivity contribution is 0.615. The SMILES string of the molecule is Cn1ccc(F)c1Br. The third kappa shape index (κ3) is 0.777. The smallest absolute Gasteiger partial charge is 0.155 e. The Morgan fingerprint density at radius 1 is 1.75 bits per heavy atom. The molecule has 0 bridgehead atoms. The number of nitrogens with zero attached hydrogens (tertiary/aromatic N) is 1. The standard InChI is InChI=1S/C5H5BrFN/c1-8-3-2-4(7)5(8)6/h2-3H,1H3. The van der Waals surface area contributed by atoms with Gasteiger partial charge in [-0.25, -0.2) is 4.39 Å². The number of hydrogen-bond donors (Lipinski definition) is 0. The van der Waals surface area contributed by atoms with Gasteiger partial charge in [0, 0.05) is 13.2 Å². The highest BCUT2D eigenvalue weighted by molar-refractivity contribution is 9.10. The van der Waals surface area contributed by atoms with Crippen molar-refractivity contribution in [2.45, 2.75) is 0 Å². The highest BCUT2D eigenvalue weighted by Gasteiger charge is 1.98. The molecule has 0 aromatic carbocycles. The van der Waals surface area contributed by atoms with Gasteiger partial charge in [0.25, 0.3) is 0 Å². The van der Waals surface area contributed by atoms with Gasteiger partial charge in [0.2, 0.25) is 0 Å². The third-order valence-corrected chi connectivity index (χ3v) is 1.89. The van der Waals surface area contributed by atoms with Crippen molar-refractivity contribution in [1.29, 1.82) is 0 Å². The average Bonchev–Trinajstić information content (AvgIpc) is 1.98. The van der Waals surface area contributed by atoms with Crippen molar-refractivity contribution in [2.24, 2.45) is 7.05 Å². The maximum atomic E-state index is 12.3. The van der Waals surface area contributed by atoms with E-state index in [9.17, 15) is 4.39 Å². The summed E-state index contributed by atoms with van der Waals surface area (Å²) in [6.07, 6.45) is 1.65. The monoisotopic (exact) mass is 177 g/mol. The molecule has 0 aliphatic carbocycles. The number of aryl methyl sites for hydroxylation is 1. The Kier molecular flexibility index (Phi) is 1.38. The number of halogens is 2. The van der Waals surface area contributed by atoms with Crippen molar-refractivity contribution in [3.05, 3.63) is 22.7 Å². The molecule has 1 aromatic rings. The third-order valence-electron chi connectivity index (χ3n) is 0.951. The van der Waals surface area contributed by atoms with Gasteiger partial charge in [0.1, 0.15) is 4.60 Å². The van der Waals surface area contributed by atoms with E-state index in [1.165, 1.54) is 6.07 Å². The molecule has 0 radical (unpaired) electrons. The molecule has 1 heterocycles. The van der Waals surface area contributed by atoms with Gasteiger partial charge in [0.05, 0.1) is 0 Å². The fourth-order valence-corrected chi connectivity index (χ4v) is 0.730. The van der Waals surface area contributed by atoms with Gasteiger partial charge < -0.3 is 4.57 Å². The summed E-state index contributed by atoms with van der Waals surface area (Å²) in [5, 5.41) is 0. The first-order valence-electron chi connectivity index (χ1n) is 2.18. The minimum atomic E-state index is -0.215. The maximum absolute atomic E-state index is 12.3. The molecule has 0 atom stereocenters. The summed E-state index contributed by atoms with van der Waals surface area (Å²) in [4.78, 5) is 0. The normalized spacial score (nSPS) is 9.88. The predicted octanol–water partition coefficient (Wildman–Crippen LogP) is 1.93. The van der Waals surface area contributed by atoms with Gasteiger partial charge in [-0.2, -0.15) is 0 Å². The molecule has 1 rings (SSSR count). The van der Waals surface area contributed by atoms with Gasteiger partial charge in [0.15, 0.2) is 5.82 Å². The van der Waals surface area contributed by atoms with Gasteiger partial charge in [-0.05, 0) is 22.0 Å². The fraction of sp³-hybridized carbons (Fsp3) is 0.200. The molecule has 3 heteroatoms. The van der Waals surface area contributed by atoms with E-state index in [2.05, 4.69) is 15.9 Å². The summed E-state index contributed by atoms with van der Waals surface area (Å²) in [7, 11) is 1.77. The second-order valence-electron chi connectivity index (χ2n) is 1.57. The lowest BCUT2D eigenvalue weighted by Gasteiger charge is -1.88. The highest BCUT2D eigenvalue weighted by Crippen LogP contribution is 2.13. The Morgan fingerprint density at radius 3 is 2.50 bits per heavy atom. The Hall–Kier alpha value is -0.310. The van der Waals surface area contributed by atoms with Gasteiger partial charge >= 0.3 is 0 Å². The average molecular weight is 178 g/mol. The van der Waals surface area contributed by atoms with Crippen molar-refractivity contribution in [3.8, 4) is 0 Å². The zero-order valence-corrected chi connectivity index (χ0v) is 5.94. The maximum Gasteiger partial charge on any atom is 0.155 e. The number of rotatable bonds is 0. The van der Waals surface area contributed by atoms with Gasteiger partial charge in [-0.1, -0.05) is 0 Å². The Bertz CT molecular complexity index is 175. The van der Waals surface area contributed by atoms with Crippen LogP contribution in [0.2, 0.25) is 0 Å². The molecule has 44 valence electrons. The van der Waals surface area contributed by atoms with Crippen molar-refractivity contribution >= 4 is 15.9 Å². The molecule has 1 aromatic heterocycles. The molecule has 0 fully saturated rings. The summed E-state index contributed by atoms with van der Waals surface area (Å²) < 4.78 is 14.4. The molecular formula is C5H5BrFN. The van der Waals surface area contributed by atoms with Crippen LogP contribution in [-0.4, -0.2) is 4.57 Å². The van der Waals surface area contributed by atoms with Crippen LogP contribution < -0.4 is 0 Å². The van der Waals surface area contributed by atoms with Crippen molar-refractivity contribution in [3.63, 3.8) is 0 Å². The van der Waals surface area contributed by atoms with Crippen molar-refractivity contribution in [2.75, 3.05) is 0 Å². The van der Waals surface area contributed by atoms with E-state index in [0.29, 0.717) is 4.60 Å². The van der Waals surface area contributed by atoms with Crippen molar-refractivity contribution in [1.82, 2.24) is 4.57 Å². The van der Waals surface area contributed by atoms with Crippen LogP contribution >= 0.6 is 15.9 Å². The second-order valence-corrected chi connectivity index (χ2v) is 2.32. The minimum absolute atomic E-state index is 0.215. The minimum Gasteiger partial charge on any atom is -0.343 e. The molecule has 0 saturated carbocycles. The van der Waals surface area contributed by atoms with Crippen LogP contribution in [0.15, 0.2) is 16.9 Å². The van der Waals surface area contributed by atoms with E-state index in [1.54, 1.807) is 17.8 Å². The quantitative estimate of drug-likeness (QED) is 0.571. The molecule has 0 aliphatic heterocycles. The predicted molar refractivity (Wildman–Crippen MR) is 33.1 cm³/mol. The lowest BCUT2D eigenvalue weighted by atomic mass is 10.6. The van der Waals surface area contributed by atoms with Crippen molar-refractivity contribution < 1.29 is 4.39 Å². The largest absolute Gasteiger partial charge is 0.343 e. The molecule has 8 heavy (non-hydrogen) atoms. The lowest BCUT2D eigenvalue weighted by Crippen LogP contribution is -1.82. The van der Waals surface area contributed by atoms with Crippen LogP contribution in [0, 0.1) is 5.82 Å². The first-order chi connectivity index (χ1) is 3.72. The number of hydrogen-bond acceptors (Lipinski definition) is 0. The van der Waals surface area contributed by atoms with Crippen LogP contribution in [0.5, 0.6) is 0 Å². The van der Waals surface area contributed by atoms with Gasteiger partial charge in [-0.15, -0.1) is 0 Å². The molecule has 1 nitrogen and oxygen atoms in total. The molecule has 0 aliphatic rings. The van der Waals surface area contributed by atoms with E-state index in [4.69, 9.17) is 0 Å². The topological polar surface area (TPSA) is 4.93 Å². The zero-order chi connectivity index (χ0) is 6.15. The molecule has 0 saturated heterocycles.